The van der Waals surface area contributed by atoms with Crippen LogP contribution in [0.15, 0.2) is 80.6 Å². The van der Waals surface area contributed by atoms with Gasteiger partial charge in [-0.25, -0.2) is 0 Å². The summed E-state index contributed by atoms with van der Waals surface area (Å²) >= 11 is 12.0. The van der Waals surface area contributed by atoms with Gasteiger partial charge in [0.05, 0.1) is 22.7 Å². The molecular weight excluding hydrogens is 901 g/mol. The van der Waals surface area contributed by atoms with Crippen molar-refractivity contribution in [3.8, 4) is 0 Å². The number of para-hydroxylation sites is 2. The fourth-order valence-electron chi connectivity index (χ4n) is 4.40. The second kappa shape index (κ2) is 23.5. The second-order valence-corrected chi connectivity index (χ2v) is 20.9. The zero-order valence-electron chi connectivity index (χ0n) is 26.3. The third-order valence-electron chi connectivity index (χ3n) is 6.52. The van der Waals surface area contributed by atoms with Crippen molar-refractivity contribution in [2.75, 3.05) is 0 Å². The van der Waals surface area contributed by atoms with Gasteiger partial charge in [0.25, 0.3) is 0 Å². The molecule has 0 N–H and O–H groups in total. The van der Waals surface area contributed by atoms with E-state index in [1.54, 1.807) is 24.9 Å². The number of rotatable bonds is 10. The summed E-state index contributed by atoms with van der Waals surface area (Å²) in [4.78, 5) is 18.7. The molecule has 0 unspecified atom stereocenters. The quantitative estimate of drug-likeness (QED) is 0.144. The van der Waals surface area contributed by atoms with Gasteiger partial charge in [-0.3, -0.25) is 20.0 Å². The van der Waals surface area contributed by atoms with E-state index >= 15 is 0 Å². The van der Waals surface area contributed by atoms with Crippen LogP contribution in [0, 0.1) is 0 Å². The molecule has 3 aromatic carbocycles. The molecule has 3 rings (SSSR count). The van der Waals surface area contributed by atoms with Gasteiger partial charge in [-0.1, -0.05) is 91.8 Å². The van der Waals surface area contributed by atoms with E-state index in [0.717, 1.165) is 22.7 Å². The predicted octanol–water partition coefficient (Wildman–Crippen LogP) is 13.8. The van der Waals surface area contributed by atoms with Gasteiger partial charge in [-0.2, -0.15) is 0 Å². The van der Waals surface area contributed by atoms with Crippen molar-refractivity contribution in [1.82, 2.24) is 0 Å². The Morgan fingerprint density at radius 1 is 0.432 bits per heavy atom. The van der Waals surface area contributed by atoms with Crippen molar-refractivity contribution in [3.63, 3.8) is 0 Å². The van der Waals surface area contributed by atoms with Crippen molar-refractivity contribution in [2.24, 2.45) is 20.0 Å². The van der Waals surface area contributed by atoms with Gasteiger partial charge in [0.1, 0.15) is 0 Å². The Labute approximate surface area is 305 Å². The average Bonchev–Trinajstić information content (AvgIpc) is 2.98. The molecule has 0 aliphatic rings. The molecule has 4 nitrogen and oxygen atoms in total. The first-order valence-corrected chi connectivity index (χ1v) is 23.9. The Morgan fingerprint density at radius 2 is 0.659 bits per heavy atom. The van der Waals surface area contributed by atoms with Crippen LogP contribution in [0.5, 0.6) is 0 Å². The van der Waals surface area contributed by atoms with Gasteiger partial charge in [-0.05, 0) is 70.2 Å². The van der Waals surface area contributed by atoms with Crippen LogP contribution in [0.1, 0.15) is 101 Å². The molecule has 3 aromatic rings. The third kappa shape index (κ3) is 14.8. The minimum absolute atomic E-state index is 0.415. The summed E-state index contributed by atoms with van der Waals surface area (Å²) in [5.74, 6) is 1.66. The van der Waals surface area contributed by atoms with Gasteiger partial charge < -0.3 is 0 Å². The SMILES string of the molecule is CC(C)c1cccc(C(C)C)c1N=CC=Nc1ccc(N=CC=Nc2c(C(C)C)cccc2C(C)C)cc1.[Br][Ni][Br].[Br][Ni][Br]. The van der Waals surface area contributed by atoms with Crippen molar-refractivity contribution >= 4 is 105 Å². The number of hydrogen-bond acceptors (Lipinski definition) is 4. The molecule has 0 spiro atoms. The topological polar surface area (TPSA) is 49.4 Å². The van der Waals surface area contributed by atoms with Crippen LogP contribution in [0.3, 0.4) is 0 Å². The molecule has 0 radical (unpaired) electrons. The maximum absolute atomic E-state index is 4.78. The summed E-state index contributed by atoms with van der Waals surface area (Å²) in [6, 6.07) is 20.7. The molecule has 0 aliphatic carbocycles. The number of halogens is 4. The Hall–Kier alpha value is -0.753. The Kier molecular flexibility index (Phi) is 22.1. The normalized spacial score (nSPS) is 12.0. The van der Waals surface area contributed by atoms with E-state index in [2.05, 4.69) is 159 Å². The number of nitrogens with zero attached hydrogens (tertiary/aromatic N) is 4. The molecule has 0 heterocycles. The van der Waals surface area contributed by atoms with Gasteiger partial charge in [0.15, 0.2) is 0 Å². The number of benzene rings is 3. The zero-order chi connectivity index (χ0) is 33.1. The van der Waals surface area contributed by atoms with Crippen molar-refractivity contribution in [1.29, 1.82) is 0 Å². The fraction of sp³-hybridized carbons (Fsp3) is 0.353. The molecule has 0 bridgehead atoms. The first-order chi connectivity index (χ1) is 21.0. The van der Waals surface area contributed by atoms with E-state index in [0.29, 0.717) is 23.7 Å². The van der Waals surface area contributed by atoms with Crippen LogP contribution in [-0.4, -0.2) is 24.9 Å². The molecule has 10 heteroatoms. The Morgan fingerprint density at radius 3 is 0.886 bits per heavy atom. The van der Waals surface area contributed by atoms with E-state index in [1.807, 2.05) is 24.3 Å². The monoisotopic (exact) mass is 938 g/mol. The van der Waals surface area contributed by atoms with Crippen LogP contribution in [0.2, 0.25) is 0 Å². The standard InChI is InChI=1S/C34H42N4.4BrH.2Ni/c1-23(2)29-11-9-12-30(24(3)4)33(29)37-21-19-35-27-15-17-28(18-16-27)36-20-22-38-34-31(25(5)6)13-10-14-32(34)26(7)8;;;;;;/h9-26H,1-8H3;4*1H;;/q;;;;;2*+2/p-4. The first kappa shape index (κ1) is 41.3. The van der Waals surface area contributed by atoms with E-state index < -0.39 is 0 Å². The van der Waals surface area contributed by atoms with Crippen molar-refractivity contribution < 1.29 is 21.8 Å². The average molecular weight is 944 g/mol. The fourth-order valence-corrected chi connectivity index (χ4v) is 4.40. The van der Waals surface area contributed by atoms with Gasteiger partial charge in [0.2, 0.25) is 0 Å². The molecule has 44 heavy (non-hydrogen) atoms. The summed E-state index contributed by atoms with van der Waals surface area (Å²) in [5.41, 5.74) is 8.90. The van der Waals surface area contributed by atoms with Crippen LogP contribution < -0.4 is 0 Å². The summed E-state index contributed by atoms with van der Waals surface area (Å²) in [5, 5.41) is 0. The van der Waals surface area contributed by atoms with Gasteiger partial charge in [-0.15, -0.1) is 0 Å². The summed E-state index contributed by atoms with van der Waals surface area (Å²) in [7, 11) is 2.50. The minimum atomic E-state index is 0.415. The summed E-state index contributed by atoms with van der Waals surface area (Å²) in [6.45, 7) is 17.6. The Balaban J connectivity index is 0.00000149. The zero-order valence-corrected chi connectivity index (χ0v) is 34.6. The van der Waals surface area contributed by atoms with Crippen molar-refractivity contribution in [3.05, 3.63) is 82.9 Å². The van der Waals surface area contributed by atoms with E-state index in [4.69, 9.17) is 9.98 Å². The predicted molar refractivity (Wildman–Crippen MR) is 204 cm³/mol. The molecule has 0 saturated carbocycles. The first-order valence-electron chi connectivity index (χ1n) is 14.2. The number of hydrogen-bond donors (Lipinski definition) is 0. The van der Waals surface area contributed by atoms with Gasteiger partial charge >= 0.3 is 78.7 Å². The molecule has 0 aliphatic heterocycles. The Bertz CT molecular complexity index is 1210. The van der Waals surface area contributed by atoms with E-state index in [-0.39, 0.29) is 0 Å². The van der Waals surface area contributed by atoms with E-state index in [1.165, 1.54) is 44.0 Å². The van der Waals surface area contributed by atoms with Crippen molar-refractivity contribution in [2.45, 2.75) is 79.1 Å². The molecule has 0 amide bonds. The molecular formula is C34H42Br4N4Ni2. The molecule has 0 aromatic heterocycles. The summed E-state index contributed by atoms with van der Waals surface area (Å²) < 4.78 is 0. The molecule has 0 saturated heterocycles. The molecule has 0 atom stereocenters. The van der Waals surface area contributed by atoms with E-state index in [9.17, 15) is 0 Å². The third-order valence-corrected chi connectivity index (χ3v) is 6.52. The number of aliphatic imine (C=N–C) groups is 4. The van der Waals surface area contributed by atoms with Gasteiger partial charge in [0, 0.05) is 24.9 Å². The van der Waals surface area contributed by atoms with Crippen LogP contribution in [0.4, 0.5) is 22.7 Å². The van der Waals surface area contributed by atoms with Crippen LogP contribution in [0.25, 0.3) is 0 Å². The van der Waals surface area contributed by atoms with Crippen LogP contribution in [-0.2, 0) is 21.8 Å². The summed E-state index contributed by atoms with van der Waals surface area (Å²) in [6.07, 6.45) is 7.08. The van der Waals surface area contributed by atoms with Crippen LogP contribution >= 0.6 is 56.9 Å². The molecule has 246 valence electrons. The maximum atomic E-state index is 4.78. The second-order valence-electron chi connectivity index (χ2n) is 10.9. The molecule has 0 fully saturated rings.